The summed E-state index contributed by atoms with van der Waals surface area (Å²) in [5.41, 5.74) is 5.63. The first kappa shape index (κ1) is 19.8. The van der Waals surface area contributed by atoms with Crippen LogP contribution in [0.25, 0.3) is 0 Å². The van der Waals surface area contributed by atoms with Crippen molar-refractivity contribution in [3.05, 3.63) is 87.9 Å². The van der Waals surface area contributed by atoms with Crippen molar-refractivity contribution < 1.29 is 0 Å². The van der Waals surface area contributed by atoms with Crippen molar-refractivity contribution in [2.45, 2.75) is 6.92 Å². The quantitative estimate of drug-likeness (QED) is 0.453. The van der Waals surface area contributed by atoms with Crippen molar-refractivity contribution in [1.82, 2.24) is 0 Å². The van der Waals surface area contributed by atoms with E-state index in [1.54, 1.807) is 12.3 Å². The van der Waals surface area contributed by atoms with Crippen molar-refractivity contribution >= 4 is 46.5 Å². The standard InChI is InChI=1S/C24H23Cl2N3/c1-18-2-6-23(7-3-18)28-10-12-29(13-11-28)24-8-4-22(5-9-24)27-17-19-14-20(25)16-21(26)15-19/h2-9,14-17H,10-13H2,1H3. The van der Waals surface area contributed by atoms with Crippen LogP contribution in [0.2, 0.25) is 10.0 Å². The van der Waals surface area contributed by atoms with Gasteiger partial charge in [0.1, 0.15) is 0 Å². The van der Waals surface area contributed by atoms with E-state index in [0.29, 0.717) is 10.0 Å². The molecule has 0 N–H and O–H groups in total. The molecule has 0 spiro atoms. The smallest absolute Gasteiger partial charge is 0.0631 e. The summed E-state index contributed by atoms with van der Waals surface area (Å²) in [7, 11) is 0. The number of piperazine rings is 1. The monoisotopic (exact) mass is 423 g/mol. The Morgan fingerprint density at radius 2 is 1.21 bits per heavy atom. The van der Waals surface area contributed by atoms with E-state index in [1.165, 1.54) is 16.9 Å². The summed E-state index contributed by atoms with van der Waals surface area (Å²) in [6.45, 7) is 6.20. The largest absolute Gasteiger partial charge is 0.368 e. The molecule has 0 radical (unpaired) electrons. The molecule has 0 saturated carbocycles. The van der Waals surface area contributed by atoms with Crippen LogP contribution in [0.3, 0.4) is 0 Å². The van der Waals surface area contributed by atoms with Crippen LogP contribution < -0.4 is 9.80 Å². The minimum atomic E-state index is 0.610. The third-order valence-electron chi connectivity index (χ3n) is 5.14. The van der Waals surface area contributed by atoms with Gasteiger partial charge < -0.3 is 9.80 Å². The predicted octanol–water partition coefficient (Wildman–Crippen LogP) is 6.38. The molecule has 0 aliphatic carbocycles. The Bertz CT molecular complexity index is 969. The molecule has 3 aromatic carbocycles. The van der Waals surface area contributed by atoms with Crippen LogP contribution in [-0.2, 0) is 0 Å². The Morgan fingerprint density at radius 3 is 1.72 bits per heavy atom. The fraction of sp³-hybridized carbons (Fsp3) is 0.208. The van der Waals surface area contributed by atoms with E-state index in [-0.39, 0.29) is 0 Å². The van der Waals surface area contributed by atoms with Gasteiger partial charge in [-0.2, -0.15) is 0 Å². The third-order valence-corrected chi connectivity index (χ3v) is 5.58. The lowest BCUT2D eigenvalue weighted by Gasteiger charge is -2.37. The minimum Gasteiger partial charge on any atom is -0.368 e. The highest BCUT2D eigenvalue weighted by atomic mass is 35.5. The number of aliphatic imine (C=N–C) groups is 1. The fourth-order valence-electron chi connectivity index (χ4n) is 3.53. The molecular weight excluding hydrogens is 401 g/mol. The highest BCUT2D eigenvalue weighted by Crippen LogP contribution is 2.24. The molecule has 1 saturated heterocycles. The zero-order valence-corrected chi connectivity index (χ0v) is 17.9. The molecule has 0 unspecified atom stereocenters. The number of hydrogen-bond acceptors (Lipinski definition) is 3. The molecule has 3 aromatic rings. The second-order valence-corrected chi connectivity index (χ2v) is 8.16. The summed E-state index contributed by atoms with van der Waals surface area (Å²) in [6, 6.07) is 22.6. The molecule has 0 bridgehead atoms. The van der Waals surface area contributed by atoms with Gasteiger partial charge in [0.25, 0.3) is 0 Å². The predicted molar refractivity (Wildman–Crippen MR) is 126 cm³/mol. The molecule has 0 atom stereocenters. The van der Waals surface area contributed by atoms with Crippen molar-refractivity contribution in [2.75, 3.05) is 36.0 Å². The summed E-state index contributed by atoms with van der Waals surface area (Å²) in [5.74, 6) is 0. The minimum absolute atomic E-state index is 0.610. The van der Waals surface area contributed by atoms with Crippen molar-refractivity contribution in [3.8, 4) is 0 Å². The van der Waals surface area contributed by atoms with Crippen molar-refractivity contribution in [2.24, 2.45) is 4.99 Å². The van der Waals surface area contributed by atoms with Gasteiger partial charge in [0, 0.05) is 53.8 Å². The maximum atomic E-state index is 6.04. The summed E-state index contributed by atoms with van der Waals surface area (Å²) >= 11 is 12.1. The second-order valence-electron chi connectivity index (χ2n) is 7.29. The molecule has 5 heteroatoms. The van der Waals surface area contributed by atoms with Gasteiger partial charge in [-0.15, -0.1) is 0 Å². The summed E-state index contributed by atoms with van der Waals surface area (Å²) in [4.78, 5) is 9.41. The Kier molecular flexibility index (Phi) is 6.08. The summed E-state index contributed by atoms with van der Waals surface area (Å²) < 4.78 is 0. The molecule has 0 amide bonds. The molecular formula is C24H23Cl2N3. The van der Waals surface area contributed by atoms with E-state index in [0.717, 1.165) is 37.4 Å². The fourth-order valence-corrected chi connectivity index (χ4v) is 4.07. The van der Waals surface area contributed by atoms with Crippen LogP contribution >= 0.6 is 23.2 Å². The molecule has 1 fully saturated rings. The highest BCUT2D eigenvalue weighted by molar-refractivity contribution is 6.35. The SMILES string of the molecule is Cc1ccc(N2CCN(c3ccc(N=Cc4cc(Cl)cc(Cl)c4)cc3)CC2)cc1. The first-order valence-corrected chi connectivity index (χ1v) is 10.5. The highest BCUT2D eigenvalue weighted by Gasteiger charge is 2.17. The van der Waals surface area contributed by atoms with Gasteiger partial charge in [0.15, 0.2) is 0 Å². The topological polar surface area (TPSA) is 18.8 Å². The van der Waals surface area contributed by atoms with Crippen LogP contribution in [0.1, 0.15) is 11.1 Å². The normalized spacial score (nSPS) is 14.6. The van der Waals surface area contributed by atoms with E-state index >= 15 is 0 Å². The molecule has 148 valence electrons. The lowest BCUT2D eigenvalue weighted by Crippen LogP contribution is -2.46. The van der Waals surface area contributed by atoms with Crippen LogP contribution in [0, 0.1) is 6.92 Å². The molecule has 4 rings (SSSR count). The number of rotatable bonds is 4. The molecule has 1 heterocycles. The molecule has 29 heavy (non-hydrogen) atoms. The van der Waals surface area contributed by atoms with Crippen LogP contribution in [0.4, 0.5) is 17.1 Å². The lowest BCUT2D eigenvalue weighted by atomic mass is 10.2. The molecule has 3 nitrogen and oxygen atoms in total. The Balaban J connectivity index is 1.37. The van der Waals surface area contributed by atoms with Crippen LogP contribution in [-0.4, -0.2) is 32.4 Å². The summed E-state index contributed by atoms with van der Waals surface area (Å²) in [6.07, 6.45) is 1.78. The number of anilines is 2. The van der Waals surface area contributed by atoms with Gasteiger partial charge in [-0.3, -0.25) is 4.99 Å². The van der Waals surface area contributed by atoms with Gasteiger partial charge in [0.05, 0.1) is 5.69 Å². The van der Waals surface area contributed by atoms with E-state index in [4.69, 9.17) is 23.2 Å². The van der Waals surface area contributed by atoms with Crippen LogP contribution in [0.5, 0.6) is 0 Å². The zero-order chi connectivity index (χ0) is 20.2. The van der Waals surface area contributed by atoms with E-state index in [2.05, 4.69) is 58.1 Å². The zero-order valence-electron chi connectivity index (χ0n) is 16.4. The van der Waals surface area contributed by atoms with Gasteiger partial charge in [-0.05, 0) is 67.1 Å². The number of hydrogen-bond donors (Lipinski definition) is 0. The average molecular weight is 424 g/mol. The summed E-state index contributed by atoms with van der Waals surface area (Å²) in [5, 5.41) is 1.22. The number of nitrogens with zero attached hydrogens (tertiary/aromatic N) is 3. The number of halogens is 2. The average Bonchev–Trinajstić information content (AvgIpc) is 2.73. The molecule has 0 aromatic heterocycles. The maximum absolute atomic E-state index is 6.04. The Morgan fingerprint density at radius 1 is 0.724 bits per heavy atom. The third kappa shape index (κ3) is 5.11. The Hall–Kier alpha value is -2.49. The van der Waals surface area contributed by atoms with Crippen molar-refractivity contribution in [1.29, 1.82) is 0 Å². The van der Waals surface area contributed by atoms with E-state index in [9.17, 15) is 0 Å². The van der Waals surface area contributed by atoms with Gasteiger partial charge in [-0.1, -0.05) is 40.9 Å². The van der Waals surface area contributed by atoms with Gasteiger partial charge in [-0.25, -0.2) is 0 Å². The van der Waals surface area contributed by atoms with Crippen molar-refractivity contribution in [3.63, 3.8) is 0 Å². The van der Waals surface area contributed by atoms with E-state index in [1.807, 2.05) is 24.3 Å². The molecule has 1 aliphatic rings. The number of aryl methyl sites for hydroxylation is 1. The van der Waals surface area contributed by atoms with Gasteiger partial charge >= 0.3 is 0 Å². The number of benzene rings is 3. The Labute approximate surface area is 182 Å². The van der Waals surface area contributed by atoms with Crippen LogP contribution in [0.15, 0.2) is 71.7 Å². The lowest BCUT2D eigenvalue weighted by molar-refractivity contribution is 0.653. The maximum Gasteiger partial charge on any atom is 0.0631 e. The van der Waals surface area contributed by atoms with E-state index < -0.39 is 0 Å². The first-order valence-electron chi connectivity index (χ1n) is 9.74. The first-order chi connectivity index (χ1) is 14.1. The molecule has 1 aliphatic heterocycles. The van der Waals surface area contributed by atoms with Gasteiger partial charge in [0.2, 0.25) is 0 Å². The second kappa shape index (κ2) is 8.89.